The second-order valence-corrected chi connectivity index (χ2v) is 6.48. The zero-order valence-electron chi connectivity index (χ0n) is 15.7. The smallest absolute Gasteiger partial charge is 0.328 e. The Morgan fingerprint density at radius 3 is 2.54 bits per heavy atom. The fraction of sp³-hybridized carbons (Fsp3) is 0.250. The zero-order chi connectivity index (χ0) is 20.7. The molecular weight excluding hydrogens is 384 g/mol. The summed E-state index contributed by atoms with van der Waals surface area (Å²) in [6, 6.07) is 10.8. The molecule has 0 saturated heterocycles. The third kappa shape index (κ3) is 5.99. The molecule has 0 spiro atoms. The van der Waals surface area contributed by atoms with Crippen LogP contribution in [0.1, 0.15) is 22.8 Å². The van der Waals surface area contributed by atoms with E-state index in [2.05, 4.69) is 10.6 Å². The Balaban J connectivity index is 1.82. The van der Waals surface area contributed by atoms with Gasteiger partial charge in [0.1, 0.15) is 11.8 Å². The first-order chi connectivity index (χ1) is 13.3. The van der Waals surface area contributed by atoms with Gasteiger partial charge in [0.25, 0.3) is 11.8 Å². The Labute approximate surface area is 168 Å². The zero-order valence-corrected chi connectivity index (χ0v) is 16.5. The topological polar surface area (TPSA) is 93.7 Å². The van der Waals surface area contributed by atoms with Crippen molar-refractivity contribution < 1.29 is 23.9 Å². The number of nitrogens with one attached hydrogen (secondary N) is 2. The number of esters is 1. The summed E-state index contributed by atoms with van der Waals surface area (Å²) in [5, 5.41) is 5.44. The first-order valence-electron chi connectivity index (χ1n) is 8.47. The Bertz CT molecular complexity index is 885. The van der Waals surface area contributed by atoms with Crippen LogP contribution in [0.15, 0.2) is 42.5 Å². The minimum Gasteiger partial charge on any atom is -0.495 e. The molecule has 28 heavy (non-hydrogen) atoms. The number of ether oxygens (including phenoxy) is 2. The van der Waals surface area contributed by atoms with Crippen molar-refractivity contribution in [2.75, 3.05) is 19.0 Å². The first-order valence-corrected chi connectivity index (χ1v) is 8.85. The molecule has 1 atom stereocenters. The van der Waals surface area contributed by atoms with Crippen LogP contribution in [0.25, 0.3) is 0 Å². The van der Waals surface area contributed by atoms with Gasteiger partial charge in [0.05, 0.1) is 12.1 Å². The van der Waals surface area contributed by atoms with Crippen molar-refractivity contribution in [3.63, 3.8) is 0 Å². The van der Waals surface area contributed by atoms with Crippen LogP contribution in [0.2, 0.25) is 5.02 Å². The predicted molar refractivity (Wildman–Crippen MR) is 106 cm³/mol. The molecule has 0 saturated carbocycles. The highest BCUT2D eigenvalue weighted by Crippen LogP contribution is 2.27. The lowest BCUT2D eigenvalue weighted by Gasteiger charge is -2.14. The highest BCUT2D eigenvalue weighted by molar-refractivity contribution is 6.32. The molecule has 7 nitrogen and oxygen atoms in total. The maximum Gasteiger partial charge on any atom is 0.328 e. The van der Waals surface area contributed by atoms with Crippen LogP contribution in [0.5, 0.6) is 5.75 Å². The Kier molecular flexibility index (Phi) is 7.40. The van der Waals surface area contributed by atoms with Gasteiger partial charge < -0.3 is 20.1 Å². The minimum atomic E-state index is -0.906. The van der Waals surface area contributed by atoms with Crippen molar-refractivity contribution in [1.82, 2.24) is 5.32 Å². The lowest BCUT2D eigenvalue weighted by molar-refractivity contribution is -0.148. The number of aryl methyl sites for hydroxylation is 1. The lowest BCUT2D eigenvalue weighted by Crippen LogP contribution is -2.40. The van der Waals surface area contributed by atoms with Gasteiger partial charge in [0.15, 0.2) is 6.61 Å². The van der Waals surface area contributed by atoms with Crippen molar-refractivity contribution >= 4 is 35.1 Å². The molecule has 0 bridgehead atoms. The van der Waals surface area contributed by atoms with Gasteiger partial charge in [-0.25, -0.2) is 4.79 Å². The lowest BCUT2D eigenvalue weighted by atomic mass is 10.1. The van der Waals surface area contributed by atoms with Gasteiger partial charge in [0, 0.05) is 11.3 Å². The molecule has 0 aliphatic heterocycles. The van der Waals surface area contributed by atoms with Crippen molar-refractivity contribution in [2.45, 2.75) is 19.9 Å². The van der Waals surface area contributed by atoms with Crippen LogP contribution in [-0.4, -0.2) is 37.5 Å². The average Bonchev–Trinajstić information content (AvgIpc) is 2.66. The maximum absolute atomic E-state index is 12.2. The standard InChI is InChI=1S/C20H21ClN2O5/c1-12-5-4-6-14(9-12)19(25)22-13(2)20(26)28-11-18(24)23-15-7-8-17(27-3)16(21)10-15/h4-10,13H,11H2,1-3H3,(H,22,25)(H,23,24)/t13-/m0/s1. The number of anilines is 1. The van der Waals surface area contributed by atoms with E-state index < -0.39 is 30.4 Å². The molecule has 0 aromatic heterocycles. The summed E-state index contributed by atoms with van der Waals surface area (Å²) in [6.45, 7) is 2.85. The van der Waals surface area contributed by atoms with Gasteiger partial charge in [-0.3, -0.25) is 9.59 Å². The third-order valence-corrected chi connectivity index (χ3v) is 4.06. The molecule has 2 aromatic rings. The summed E-state index contributed by atoms with van der Waals surface area (Å²) in [5.41, 5.74) is 1.81. The van der Waals surface area contributed by atoms with E-state index in [1.807, 2.05) is 13.0 Å². The van der Waals surface area contributed by atoms with Crippen LogP contribution in [0, 0.1) is 6.92 Å². The number of hydrogen-bond acceptors (Lipinski definition) is 5. The highest BCUT2D eigenvalue weighted by atomic mass is 35.5. The molecule has 0 heterocycles. The van der Waals surface area contributed by atoms with E-state index >= 15 is 0 Å². The van der Waals surface area contributed by atoms with E-state index in [0.717, 1.165) is 5.56 Å². The summed E-state index contributed by atoms with van der Waals surface area (Å²) >= 11 is 5.99. The second kappa shape index (κ2) is 9.75. The van der Waals surface area contributed by atoms with Gasteiger partial charge in [-0.05, 0) is 44.2 Å². The SMILES string of the molecule is COc1ccc(NC(=O)COC(=O)[C@H](C)NC(=O)c2cccc(C)c2)cc1Cl. The number of carbonyl (C=O) groups excluding carboxylic acids is 3. The monoisotopic (exact) mass is 404 g/mol. The second-order valence-electron chi connectivity index (χ2n) is 6.07. The van der Waals surface area contributed by atoms with Crippen molar-refractivity contribution in [3.8, 4) is 5.75 Å². The summed E-state index contributed by atoms with van der Waals surface area (Å²) in [6.07, 6.45) is 0. The average molecular weight is 405 g/mol. The first kappa shape index (κ1) is 21.2. The van der Waals surface area contributed by atoms with Crippen LogP contribution in [0.4, 0.5) is 5.69 Å². The van der Waals surface area contributed by atoms with E-state index in [-0.39, 0.29) is 0 Å². The van der Waals surface area contributed by atoms with Gasteiger partial charge in [-0.15, -0.1) is 0 Å². The number of halogens is 1. The molecule has 2 amide bonds. The molecule has 0 unspecified atom stereocenters. The van der Waals surface area contributed by atoms with Crippen LogP contribution in [-0.2, 0) is 14.3 Å². The molecule has 0 aliphatic rings. The fourth-order valence-electron chi connectivity index (χ4n) is 2.33. The van der Waals surface area contributed by atoms with E-state index in [4.69, 9.17) is 21.1 Å². The predicted octanol–water partition coefficient (Wildman–Crippen LogP) is 2.96. The molecule has 2 rings (SSSR count). The molecule has 0 fully saturated rings. The number of amides is 2. The Morgan fingerprint density at radius 2 is 1.89 bits per heavy atom. The van der Waals surface area contributed by atoms with Gasteiger partial charge >= 0.3 is 5.97 Å². The fourth-order valence-corrected chi connectivity index (χ4v) is 2.59. The van der Waals surface area contributed by atoms with E-state index in [1.54, 1.807) is 30.3 Å². The van der Waals surface area contributed by atoms with E-state index in [9.17, 15) is 14.4 Å². The summed E-state index contributed by atoms with van der Waals surface area (Å²) in [7, 11) is 1.48. The summed E-state index contributed by atoms with van der Waals surface area (Å²) < 4.78 is 9.98. The number of methoxy groups -OCH3 is 1. The van der Waals surface area contributed by atoms with Crippen molar-refractivity contribution in [3.05, 3.63) is 58.6 Å². The summed E-state index contributed by atoms with van der Waals surface area (Å²) in [5.74, 6) is -1.18. The van der Waals surface area contributed by atoms with Crippen LogP contribution in [0.3, 0.4) is 0 Å². The number of rotatable bonds is 7. The van der Waals surface area contributed by atoms with Gasteiger partial charge in [0.2, 0.25) is 0 Å². The van der Waals surface area contributed by atoms with Gasteiger partial charge in [-0.1, -0.05) is 29.3 Å². The van der Waals surface area contributed by atoms with Crippen LogP contribution < -0.4 is 15.4 Å². The largest absolute Gasteiger partial charge is 0.495 e. The van der Waals surface area contributed by atoms with Crippen molar-refractivity contribution in [2.24, 2.45) is 0 Å². The molecular formula is C20H21ClN2O5. The Morgan fingerprint density at radius 1 is 1.14 bits per heavy atom. The van der Waals surface area contributed by atoms with E-state index in [1.165, 1.54) is 20.1 Å². The quantitative estimate of drug-likeness (QED) is 0.692. The third-order valence-electron chi connectivity index (χ3n) is 3.76. The number of benzene rings is 2. The van der Waals surface area contributed by atoms with E-state index in [0.29, 0.717) is 22.0 Å². The molecule has 2 N–H and O–H groups in total. The highest BCUT2D eigenvalue weighted by Gasteiger charge is 2.19. The van der Waals surface area contributed by atoms with Gasteiger partial charge in [-0.2, -0.15) is 0 Å². The number of hydrogen-bond donors (Lipinski definition) is 2. The molecule has 148 valence electrons. The normalized spacial score (nSPS) is 11.3. The molecule has 2 aromatic carbocycles. The van der Waals surface area contributed by atoms with Crippen LogP contribution >= 0.6 is 11.6 Å². The Hall–Kier alpha value is -3.06. The molecule has 0 aliphatic carbocycles. The molecule has 8 heteroatoms. The minimum absolute atomic E-state index is 0.338. The summed E-state index contributed by atoms with van der Waals surface area (Å²) in [4.78, 5) is 36.1. The van der Waals surface area contributed by atoms with Crippen molar-refractivity contribution in [1.29, 1.82) is 0 Å². The molecule has 0 radical (unpaired) electrons. The maximum atomic E-state index is 12.2. The number of carbonyl (C=O) groups is 3.